The second kappa shape index (κ2) is 4.36. The molecule has 4 heteroatoms. The van der Waals surface area contributed by atoms with Crippen molar-refractivity contribution in [2.24, 2.45) is 5.73 Å². The zero-order chi connectivity index (χ0) is 11.7. The van der Waals surface area contributed by atoms with Gasteiger partial charge in [0.25, 0.3) is 0 Å². The summed E-state index contributed by atoms with van der Waals surface area (Å²) in [6.07, 6.45) is 0.636. The van der Waals surface area contributed by atoms with E-state index in [1.54, 1.807) is 13.0 Å². The van der Waals surface area contributed by atoms with E-state index < -0.39 is 0 Å². The molecule has 0 bridgehead atoms. The maximum absolute atomic E-state index is 13.8. The molecule has 0 aliphatic rings. The van der Waals surface area contributed by atoms with Gasteiger partial charge in [-0.25, -0.2) is 9.37 Å². The Kier molecular flexibility index (Phi) is 3.08. The summed E-state index contributed by atoms with van der Waals surface area (Å²) < 4.78 is 13.8. The first-order chi connectivity index (χ1) is 7.61. The molecular formula is C12H12ClFN2. The van der Waals surface area contributed by atoms with Gasteiger partial charge in [0.05, 0.1) is 5.02 Å². The number of rotatable bonds is 2. The zero-order valence-electron chi connectivity index (χ0n) is 8.93. The molecule has 0 atom stereocenters. The molecule has 2 N–H and O–H groups in total. The molecule has 0 radical (unpaired) electrons. The van der Waals surface area contributed by atoms with Crippen LogP contribution in [0.4, 0.5) is 4.39 Å². The minimum atomic E-state index is -0.341. The first-order valence-corrected chi connectivity index (χ1v) is 5.45. The highest BCUT2D eigenvalue weighted by Gasteiger charge is 2.08. The summed E-state index contributed by atoms with van der Waals surface area (Å²) in [4.78, 5) is 4.15. The standard InChI is InChI=1S/C12H12ClFN2/c1-7-4-10(13)9-5-8(2-3-15)6-11(14)12(9)16-7/h4-6H,2-3,15H2,1H3. The molecule has 0 spiro atoms. The summed E-state index contributed by atoms with van der Waals surface area (Å²) in [5, 5.41) is 1.18. The Morgan fingerprint density at radius 3 is 2.81 bits per heavy atom. The van der Waals surface area contributed by atoms with Gasteiger partial charge in [0.2, 0.25) is 0 Å². The van der Waals surface area contributed by atoms with Crippen LogP contribution in [0.25, 0.3) is 10.9 Å². The quantitative estimate of drug-likeness (QED) is 0.874. The van der Waals surface area contributed by atoms with Crippen molar-refractivity contribution in [3.63, 3.8) is 0 Å². The number of hydrogen-bond acceptors (Lipinski definition) is 2. The Balaban J connectivity index is 2.71. The maximum atomic E-state index is 13.8. The monoisotopic (exact) mass is 238 g/mol. The molecule has 0 aliphatic heterocycles. The van der Waals surface area contributed by atoms with E-state index in [0.717, 1.165) is 5.56 Å². The van der Waals surface area contributed by atoms with Crippen molar-refractivity contribution < 1.29 is 4.39 Å². The Morgan fingerprint density at radius 1 is 1.38 bits per heavy atom. The summed E-state index contributed by atoms with van der Waals surface area (Å²) in [5.74, 6) is -0.341. The van der Waals surface area contributed by atoms with Gasteiger partial charge in [0, 0.05) is 11.1 Å². The molecule has 1 heterocycles. The minimum Gasteiger partial charge on any atom is -0.330 e. The predicted octanol–water partition coefficient (Wildman–Crippen LogP) is 2.84. The number of nitrogens with zero attached hydrogens (tertiary/aromatic N) is 1. The number of hydrogen-bond donors (Lipinski definition) is 1. The summed E-state index contributed by atoms with van der Waals surface area (Å²) in [6, 6.07) is 5.05. The van der Waals surface area contributed by atoms with Crippen molar-refractivity contribution in [2.75, 3.05) is 6.54 Å². The average Bonchev–Trinajstić information content (AvgIpc) is 2.20. The first-order valence-electron chi connectivity index (χ1n) is 5.07. The van der Waals surface area contributed by atoms with E-state index in [4.69, 9.17) is 17.3 Å². The van der Waals surface area contributed by atoms with Crippen LogP contribution in [0, 0.1) is 12.7 Å². The number of benzene rings is 1. The highest BCUT2D eigenvalue weighted by molar-refractivity contribution is 6.35. The molecule has 2 rings (SSSR count). The number of nitrogens with two attached hydrogens (primary N) is 1. The van der Waals surface area contributed by atoms with Crippen molar-refractivity contribution in [3.8, 4) is 0 Å². The Morgan fingerprint density at radius 2 is 2.12 bits per heavy atom. The molecule has 1 aromatic heterocycles. The third-order valence-electron chi connectivity index (χ3n) is 2.44. The van der Waals surface area contributed by atoms with Crippen LogP contribution in [-0.2, 0) is 6.42 Å². The van der Waals surface area contributed by atoms with Gasteiger partial charge in [-0.05, 0) is 43.7 Å². The second-order valence-electron chi connectivity index (χ2n) is 3.76. The largest absolute Gasteiger partial charge is 0.330 e. The van der Waals surface area contributed by atoms with E-state index >= 15 is 0 Å². The number of aryl methyl sites for hydroxylation is 1. The number of fused-ring (bicyclic) bond motifs is 1. The summed E-state index contributed by atoms with van der Waals surface area (Å²) in [5.41, 5.74) is 7.33. The van der Waals surface area contributed by atoms with Gasteiger partial charge in [-0.3, -0.25) is 0 Å². The molecule has 0 aliphatic carbocycles. The molecule has 2 nitrogen and oxygen atoms in total. The highest BCUT2D eigenvalue weighted by atomic mass is 35.5. The van der Waals surface area contributed by atoms with Gasteiger partial charge < -0.3 is 5.73 Å². The van der Waals surface area contributed by atoms with Crippen LogP contribution < -0.4 is 5.73 Å². The fourth-order valence-electron chi connectivity index (χ4n) is 1.73. The lowest BCUT2D eigenvalue weighted by molar-refractivity contribution is 0.634. The van der Waals surface area contributed by atoms with E-state index in [2.05, 4.69) is 4.98 Å². The molecule has 0 unspecified atom stereocenters. The summed E-state index contributed by atoms with van der Waals surface area (Å²) in [6.45, 7) is 2.28. The van der Waals surface area contributed by atoms with Crippen molar-refractivity contribution in [1.29, 1.82) is 0 Å². The first kappa shape index (κ1) is 11.3. The van der Waals surface area contributed by atoms with Gasteiger partial charge in [-0.15, -0.1) is 0 Å². The molecule has 2 aromatic rings. The van der Waals surface area contributed by atoms with Gasteiger partial charge >= 0.3 is 0 Å². The SMILES string of the molecule is Cc1cc(Cl)c2cc(CCN)cc(F)c2n1. The van der Waals surface area contributed by atoms with Crippen LogP contribution >= 0.6 is 11.6 Å². The Labute approximate surface area is 98.2 Å². The molecule has 16 heavy (non-hydrogen) atoms. The van der Waals surface area contributed by atoms with E-state index in [1.807, 2.05) is 6.07 Å². The zero-order valence-corrected chi connectivity index (χ0v) is 9.68. The van der Waals surface area contributed by atoms with Gasteiger partial charge in [0.1, 0.15) is 11.3 Å². The summed E-state index contributed by atoms with van der Waals surface area (Å²) >= 11 is 6.07. The summed E-state index contributed by atoms with van der Waals surface area (Å²) in [7, 11) is 0. The molecule has 84 valence electrons. The van der Waals surface area contributed by atoms with E-state index in [-0.39, 0.29) is 5.82 Å². The fourth-order valence-corrected chi connectivity index (χ4v) is 2.03. The smallest absolute Gasteiger partial charge is 0.149 e. The van der Waals surface area contributed by atoms with E-state index in [0.29, 0.717) is 34.6 Å². The number of halogens is 2. The molecule has 0 fully saturated rings. The highest BCUT2D eigenvalue weighted by Crippen LogP contribution is 2.26. The van der Waals surface area contributed by atoms with Gasteiger partial charge in [-0.1, -0.05) is 11.6 Å². The maximum Gasteiger partial charge on any atom is 0.149 e. The third kappa shape index (κ3) is 2.01. The second-order valence-corrected chi connectivity index (χ2v) is 4.17. The van der Waals surface area contributed by atoms with Crippen LogP contribution in [0.1, 0.15) is 11.3 Å². The Bertz CT molecular complexity index is 540. The van der Waals surface area contributed by atoms with Gasteiger partial charge in [-0.2, -0.15) is 0 Å². The van der Waals surface area contributed by atoms with Crippen LogP contribution in [-0.4, -0.2) is 11.5 Å². The van der Waals surface area contributed by atoms with Crippen molar-refractivity contribution in [3.05, 3.63) is 40.3 Å². The van der Waals surface area contributed by atoms with Crippen LogP contribution in [0.15, 0.2) is 18.2 Å². The lowest BCUT2D eigenvalue weighted by atomic mass is 10.1. The van der Waals surface area contributed by atoms with Crippen molar-refractivity contribution in [1.82, 2.24) is 4.98 Å². The molecule has 1 aromatic carbocycles. The molecule has 0 saturated heterocycles. The van der Waals surface area contributed by atoms with Crippen molar-refractivity contribution >= 4 is 22.5 Å². The molecule has 0 amide bonds. The number of aromatic nitrogens is 1. The Hall–Kier alpha value is -1.19. The number of pyridine rings is 1. The van der Waals surface area contributed by atoms with E-state index in [1.165, 1.54) is 6.07 Å². The molecular weight excluding hydrogens is 227 g/mol. The topological polar surface area (TPSA) is 38.9 Å². The third-order valence-corrected chi connectivity index (χ3v) is 2.75. The normalized spacial score (nSPS) is 11.0. The van der Waals surface area contributed by atoms with Crippen LogP contribution in [0.3, 0.4) is 0 Å². The lowest BCUT2D eigenvalue weighted by Gasteiger charge is -2.06. The lowest BCUT2D eigenvalue weighted by Crippen LogP contribution is -2.03. The fraction of sp³-hybridized carbons (Fsp3) is 0.250. The molecule has 0 saturated carbocycles. The minimum absolute atomic E-state index is 0.325. The average molecular weight is 239 g/mol. The van der Waals surface area contributed by atoms with E-state index in [9.17, 15) is 4.39 Å². The van der Waals surface area contributed by atoms with Gasteiger partial charge in [0.15, 0.2) is 0 Å². The van der Waals surface area contributed by atoms with Crippen molar-refractivity contribution in [2.45, 2.75) is 13.3 Å². The van der Waals surface area contributed by atoms with Crippen LogP contribution in [0.2, 0.25) is 5.02 Å². The van der Waals surface area contributed by atoms with Crippen LogP contribution in [0.5, 0.6) is 0 Å². The predicted molar refractivity (Wildman–Crippen MR) is 64.2 cm³/mol.